The Bertz CT molecular complexity index is 761. The van der Waals surface area contributed by atoms with Crippen LogP contribution >= 0.6 is 0 Å². The Morgan fingerprint density at radius 3 is 1.80 bits per heavy atom. The van der Waals surface area contributed by atoms with Gasteiger partial charge in [0.1, 0.15) is 0 Å². The molecule has 0 spiro atoms. The van der Waals surface area contributed by atoms with Crippen molar-refractivity contribution in [3.05, 3.63) is 103 Å². The van der Waals surface area contributed by atoms with E-state index in [0.717, 1.165) is 0 Å². The van der Waals surface area contributed by atoms with E-state index in [4.69, 9.17) is 0 Å². The van der Waals surface area contributed by atoms with E-state index < -0.39 is 0 Å². The fraction of sp³-hybridized carbons (Fsp3) is 0.0476. The Morgan fingerprint density at radius 2 is 1.32 bits per heavy atom. The zero-order chi connectivity index (χ0) is 16.3. The SMILES string of the molecule is C[Si](=[Hf+2])c1ccccc1.[Cl-].[Cl-].c1cc[cH-]c1.c1ccc2[cH-]ccc2c1. The second-order valence-electron chi connectivity index (χ2n) is 5.11. The van der Waals surface area contributed by atoms with Gasteiger partial charge in [-0.15, -0.1) is 29.7 Å². The normalized spacial score (nSPS) is 8.60. The molecular formula is C21H20Cl2HfSi-2. The van der Waals surface area contributed by atoms with E-state index in [0.29, 0.717) is 0 Å². The summed E-state index contributed by atoms with van der Waals surface area (Å²) in [5.74, 6) is 0. The van der Waals surface area contributed by atoms with E-state index in [2.05, 4.69) is 79.3 Å². The number of halogens is 2. The average molecular weight is 550 g/mol. The van der Waals surface area contributed by atoms with Crippen LogP contribution in [0, 0.1) is 0 Å². The average Bonchev–Trinajstić information content (AvgIpc) is 3.30. The quantitative estimate of drug-likeness (QED) is 0.212. The molecule has 0 saturated carbocycles. The first kappa shape index (κ1) is 24.1. The third-order valence-electron chi connectivity index (χ3n) is 3.31. The molecule has 0 heterocycles. The van der Waals surface area contributed by atoms with E-state index >= 15 is 0 Å². The van der Waals surface area contributed by atoms with Gasteiger partial charge in [-0.05, 0) is 0 Å². The van der Waals surface area contributed by atoms with Crippen molar-refractivity contribution < 1.29 is 47.8 Å². The number of hydrogen-bond donors (Lipinski definition) is 0. The zero-order valence-corrected chi connectivity index (χ0v) is 20.2. The summed E-state index contributed by atoms with van der Waals surface area (Å²) >= 11 is 1.36. The summed E-state index contributed by atoms with van der Waals surface area (Å²) in [6.45, 7) is 2.37. The van der Waals surface area contributed by atoms with Gasteiger partial charge in [-0.2, -0.15) is 35.7 Å². The van der Waals surface area contributed by atoms with Crippen molar-refractivity contribution in [3.8, 4) is 0 Å². The van der Waals surface area contributed by atoms with Gasteiger partial charge < -0.3 is 24.8 Å². The molecule has 128 valence electrons. The first-order valence-corrected chi connectivity index (χ1v) is 15.0. The summed E-state index contributed by atoms with van der Waals surface area (Å²) in [7, 11) is 0. The van der Waals surface area contributed by atoms with Gasteiger partial charge in [-0.25, -0.2) is 12.1 Å². The molecule has 0 unspecified atom stereocenters. The van der Waals surface area contributed by atoms with Crippen LogP contribution in [0.5, 0.6) is 0 Å². The maximum Gasteiger partial charge on any atom is -0.0809 e. The minimum Gasteiger partial charge on any atom is -1.00 e. The van der Waals surface area contributed by atoms with Gasteiger partial charge >= 0.3 is 70.6 Å². The van der Waals surface area contributed by atoms with Crippen molar-refractivity contribution in [2.24, 2.45) is 0 Å². The van der Waals surface area contributed by atoms with E-state index in [9.17, 15) is 0 Å². The topological polar surface area (TPSA) is 0 Å². The Labute approximate surface area is 178 Å². The monoisotopic (exact) mass is 550 g/mol. The summed E-state index contributed by atoms with van der Waals surface area (Å²) in [6.07, 6.45) is 0. The third kappa shape index (κ3) is 9.36. The Morgan fingerprint density at radius 1 is 0.720 bits per heavy atom. The minimum atomic E-state index is -0.0733. The molecule has 0 aliphatic rings. The Balaban J connectivity index is 0.000000345. The fourth-order valence-corrected chi connectivity index (χ4v) is 4.57. The largest absolute Gasteiger partial charge is 1.00 e. The van der Waals surface area contributed by atoms with Gasteiger partial charge in [0, 0.05) is 0 Å². The first-order chi connectivity index (χ1) is 11.3. The Hall–Kier alpha value is -0.933. The molecule has 4 rings (SSSR count). The molecule has 4 aromatic rings. The van der Waals surface area contributed by atoms with Gasteiger partial charge in [0.25, 0.3) is 0 Å². The van der Waals surface area contributed by atoms with Crippen molar-refractivity contribution in [2.75, 3.05) is 0 Å². The third-order valence-corrected chi connectivity index (χ3v) is 7.62. The van der Waals surface area contributed by atoms with Gasteiger partial charge in [-0.1, -0.05) is 6.07 Å². The van der Waals surface area contributed by atoms with Crippen molar-refractivity contribution in [1.29, 1.82) is 0 Å². The van der Waals surface area contributed by atoms with Gasteiger partial charge in [0.2, 0.25) is 0 Å². The molecule has 0 radical (unpaired) electrons. The first-order valence-electron chi connectivity index (χ1n) is 7.65. The summed E-state index contributed by atoms with van der Waals surface area (Å²) in [5.41, 5.74) is -0.0733. The smallest absolute Gasteiger partial charge is 0.0809 e. The molecule has 0 aromatic heterocycles. The predicted octanol–water partition coefficient (Wildman–Crippen LogP) is -0.966. The standard InChI is InChI=1S/C9H7.C7H8Si.C5H5.2ClH.Hf/c1-2-5-9-7-3-6-8(9)4-1;1-8-7-5-3-2-4-6-7;1-2-4-5-3-1;;;/h1-7H;2-6H,1H3;1-5H;2*1H;/q-1;;-1;;;+2/p-2. The number of hydrogen-bond acceptors (Lipinski definition) is 0. The van der Waals surface area contributed by atoms with E-state index in [1.54, 1.807) is 5.19 Å². The van der Waals surface area contributed by atoms with Crippen LogP contribution < -0.4 is 30.0 Å². The summed E-state index contributed by atoms with van der Waals surface area (Å²) < 4.78 is 0. The molecule has 0 amide bonds. The molecule has 0 nitrogen and oxygen atoms in total. The molecule has 0 fully saturated rings. The fourth-order valence-electron chi connectivity index (χ4n) is 2.08. The summed E-state index contributed by atoms with van der Waals surface area (Å²) in [6, 6.07) is 35.5. The minimum absolute atomic E-state index is 0. The van der Waals surface area contributed by atoms with Crippen LogP contribution in [0.25, 0.3) is 10.8 Å². The van der Waals surface area contributed by atoms with Gasteiger partial charge in [0.15, 0.2) is 0 Å². The van der Waals surface area contributed by atoms with Crippen LogP contribution in [-0.2, 0) is 23.0 Å². The molecule has 4 aromatic carbocycles. The molecular weight excluding hydrogens is 530 g/mol. The van der Waals surface area contributed by atoms with Gasteiger partial charge in [0.05, 0.1) is 0 Å². The molecule has 0 saturated heterocycles. The maximum absolute atomic E-state index is 2.37. The predicted molar refractivity (Wildman–Crippen MR) is 99.3 cm³/mol. The second-order valence-corrected chi connectivity index (χ2v) is 15.0. The summed E-state index contributed by atoms with van der Waals surface area (Å²) in [4.78, 5) is 0. The van der Waals surface area contributed by atoms with Crippen LogP contribution in [0.4, 0.5) is 0 Å². The molecule has 0 bridgehead atoms. The molecule has 4 heteroatoms. The number of benzene rings is 2. The van der Waals surface area contributed by atoms with Crippen molar-refractivity contribution >= 4 is 21.5 Å². The van der Waals surface area contributed by atoms with Crippen molar-refractivity contribution in [2.45, 2.75) is 6.55 Å². The van der Waals surface area contributed by atoms with E-state index in [1.165, 1.54) is 33.8 Å². The molecule has 0 aliphatic carbocycles. The van der Waals surface area contributed by atoms with E-state index in [-0.39, 0.29) is 30.3 Å². The van der Waals surface area contributed by atoms with Gasteiger partial charge in [-0.3, -0.25) is 0 Å². The van der Waals surface area contributed by atoms with Crippen LogP contribution in [0.15, 0.2) is 103 Å². The molecule has 0 aliphatic heterocycles. The van der Waals surface area contributed by atoms with Crippen LogP contribution in [0.2, 0.25) is 6.55 Å². The second kappa shape index (κ2) is 14.3. The molecule has 25 heavy (non-hydrogen) atoms. The van der Waals surface area contributed by atoms with Crippen LogP contribution in [-0.4, -0.2) is 5.49 Å². The van der Waals surface area contributed by atoms with Crippen LogP contribution in [0.3, 0.4) is 0 Å². The molecule has 0 atom stereocenters. The van der Waals surface area contributed by atoms with Crippen LogP contribution in [0.1, 0.15) is 0 Å². The van der Waals surface area contributed by atoms with Crippen molar-refractivity contribution in [3.63, 3.8) is 0 Å². The molecule has 0 N–H and O–H groups in total. The van der Waals surface area contributed by atoms with E-state index in [1.807, 2.05) is 30.3 Å². The number of rotatable bonds is 1. The summed E-state index contributed by atoms with van der Waals surface area (Å²) in [5, 5.41) is 4.24. The van der Waals surface area contributed by atoms with Crippen molar-refractivity contribution in [1.82, 2.24) is 0 Å². The number of fused-ring (bicyclic) bond motifs is 1. The maximum atomic E-state index is 2.37. The zero-order valence-electron chi connectivity index (χ0n) is 14.1. The Kier molecular flexibility index (Phi) is 13.7.